The maximum Gasteiger partial charge on any atom is 0.416 e. The van der Waals surface area contributed by atoms with E-state index in [2.05, 4.69) is 0 Å². The summed E-state index contributed by atoms with van der Waals surface area (Å²) in [4.78, 5) is 13.8. The van der Waals surface area contributed by atoms with Crippen molar-refractivity contribution in [2.75, 3.05) is 13.1 Å². The van der Waals surface area contributed by atoms with Gasteiger partial charge in [0.25, 0.3) is 0 Å². The minimum absolute atomic E-state index is 0.0757. The molecule has 0 aliphatic carbocycles. The zero-order valence-corrected chi connectivity index (χ0v) is 13.5. The molecule has 1 amide bonds. The van der Waals surface area contributed by atoms with Crippen LogP contribution in [0.5, 0.6) is 0 Å². The second-order valence-corrected chi connectivity index (χ2v) is 5.98. The SMILES string of the molecule is CC1CN(C(=O)C=Cc2cc(C(F)(F)F)ccc2Cl)CC(C)O1. The standard InChI is InChI=1S/C16H17ClF3NO2/c1-10-8-21(9-11(2)23-10)15(22)6-3-12-7-13(16(18,19)20)4-5-14(12)17/h3-7,10-11H,8-9H2,1-2H3. The third-order valence-corrected chi connectivity index (χ3v) is 3.80. The molecule has 0 aromatic heterocycles. The molecule has 0 radical (unpaired) electrons. The molecule has 7 heteroatoms. The first-order valence-corrected chi connectivity index (χ1v) is 7.54. The Hall–Kier alpha value is -1.53. The molecule has 1 aromatic carbocycles. The number of hydrogen-bond donors (Lipinski definition) is 0. The Kier molecular flexibility index (Phi) is 5.37. The van der Waals surface area contributed by atoms with Crippen LogP contribution in [0.15, 0.2) is 24.3 Å². The third-order valence-electron chi connectivity index (χ3n) is 3.46. The Morgan fingerprint density at radius 2 is 1.91 bits per heavy atom. The highest BCUT2D eigenvalue weighted by molar-refractivity contribution is 6.32. The minimum atomic E-state index is -4.45. The molecule has 3 nitrogen and oxygen atoms in total. The number of ether oxygens (including phenoxy) is 1. The number of carbonyl (C=O) groups is 1. The van der Waals surface area contributed by atoms with Gasteiger partial charge in [-0.1, -0.05) is 11.6 Å². The molecular formula is C16H17ClF3NO2. The highest BCUT2D eigenvalue weighted by atomic mass is 35.5. The first-order chi connectivity index (χ1) is 10.7. The first kappa shape index (κ1) is 17.8. The van der Waals surface area contributed by atoms with E-state index in [4.69, 9.17) is 16.3 Å². The van der Waals surface area contributed by atoms with Crippen LogP contribution in [0.25, 0.3) is 6.08 Å². The summed E-state index contributed by atoms with van der Waals surface area (Å²) in [5.41, 5.74) is -0.646. The van der Waals surface area contributed by atoms with Gasteiger partial charge in [0.1, 0.15) is 0 Å². The van der Waals surface area contributed by atoms with Crippen molar-refractivity contribution in [3.63, 3.8) is 0 Å². The Morgan fingerprint density at radius 3 is 2.48 bits per heavy atom. The molecule has 2 atom stereocenters. The smallest absolute Gasteiger partial charge is 0.372 e. The van der Waals surface area contributed by atoms with Gasteiger partial charge in [-0.15, -0.1) is 0 Å². The largest absolute Gasteiger partial charge is 0.416 e. The molecule has 126 valence electrons. The highest BCUT2D eigenvalue weighted by Crippen LogP contribution is 2.32. The molecular weight excluding hydrogens is 331 g/mol. The average Bonchev–Trinajstić information content (AvgIpc) is 2.43. The molecule has 0 saturated carbocycles. The lowest BCUT2D eigenvalue weighted by molar-refractivity contribution is -0.138. The second kappa shape index (κ2) is 6.93. The van der Waals surface area contributed by atoms with Crippen molar-refractivity contribution in [3.8, 4) is 0 Å². The minimum Gasteiger partial charge on any atom is -0.372 e. The van der Waals surface area contributed by atoms with Crippen molar-refractivity contribution in [1.29, 1.82) is 0 Å². The van der Waals surface area contributed by atoms with Crippen LogP contribution in [0, 0.1) is 0 Å². The fourth-order valence-electron chi connectivity index (χ4n) is 2.47. The van der Waals surface area contributed by atoms with Crippen molar-refractivity contribution in [2.45, 2.75) is 32.2 Å². The number of amides is 1. The average molecular weight is 348 g/mol. The van der Waals surface area contributed by atoms with Gasteiger partial charge in [-0.3, -0.25) is 4.79 Å². The first-order valence-electron chi connectivity index (χ1n) is 7.16. The van der Waals surface area contributed by atoms with Crippen LogP contribution in [0.3, 0.4) is 0 Å². The molecule has 1 aliphatic rings. The van der Waals surface area contributed by atoms with E-state index in [-0.39, 0.29) is 28.7 Å². The fourth-order valence-corrected chi connectivity index (χ4v) is 2.65. The number of halogens is 4. The van der Waals surface area contributed by atoms with Crippen molar-refractivity contribution in [1.82, 2.24) is 4.90 Å². The van der Waals surface area contributed by atoms with Gasteiger partial charge in [0.15, 0.2) is 0 Å². The van der Waals surface area contributed by atoms with E-state index in [1.165, 1.54) is 18.2 Å². The van der Waals surface area contributed by atoms with E-state index in [0.29, 0.717) is 13.1 Å². The van der Waals surface area contributed by atoms with Gasteiger partial charge >= 0.3 is 6.18 Å². The van der Waals surface area contributed by atoms with Gasteiger partial charge in [-0.25, -0.2) is 0 Å². The number of nitrogens with zero attached hydrogens (tertiary/aromatic N) is 1. The van der Waals surface area contributed by atoms with Gasteiger partial charge in [-0.2, -0.15) is 13.2 Å². The molecule has 0 spiro atoms. The molecule has 1 aliphatic heterocycles. The van der Waals surface area contributed by atoms with E-state index in [1.54, 1.807) is 4.90 Å². The van der Waals surface area contributed by atoms with E-state index >= 15 is 0 Å². The number of benzene rings is 1. The van der Waals surface area contributed by atoms with E-state index < -0.39 is 11.7 Å². The molecule has 23 heavy (non-hydrogen) atoms. The Balaban J connectivity index is 2.15. The molecule has 2 unspecified atom stereocenters. The van der Waals surface area contributed by atoms with Crippen molar-refractivity contribution < 1.29 is 22.7 Å². The summed E-state index contributed by atoms with van der Waals surface area (Å²) >= 11 is 5.90. The summed E-state index contributed by atoms with van der Waals surface area (Å²) in [6, 6.07) is 3.01. The molecule has 0 bridgehead atoms. The second-order valence-electron chi connectivity index (χ2n) is 5.57. The predicted octanol–water partition coefficient (Wildman–Crippen LogP) is 4.01. The number of carbonyl (C=O) groups excluding carboxylic acids is 1. The molecule has 1 fully saturated rings. The third kappa shape index (κ3) is 4.72. The highest BCUT2D eigenvalue weighted by Gasteiger charge is 2.30. The predicted molar refractivity (Wildman–Crippen MR) is 82.1 cm³/mol. The number of morpholine rings is 1. The van der Waals surface area contributed by atoms with Gasteiger partial charge < -0.3 is 9.64 Å². The lowest BCUT2D eigenvalue weighted by Crippen LogP contribution is -2.47. The van der Waals surface area contributed by atoms with Gasteiger partial charge in [0.05, 0.1) is 17.8 Å². The Morgan fingerprint density at radius 1 is 1.30 bits per heavy atom. The van der Waals surface area contributed by atoms with Crippen LogP contribution in [-0.2, 0) is 15.7 Å². The zero-order valence-electron chi connectivity index (χ0n) is 12.7. The zero-order chi connectivity index (χ0) is 17.2. The Bertz CT molecular complexity index is 606. The van der Waals surface area contributed by atoms with Crippen LogP contribution < -0.4 is 0 Å². The molecule has 1 heterocycles. The lowest BCUT2D eigenvalue weighted by atomic mass is 10.1. The quantitative estimate of drug-likeness (QED) is 0.757. The molecule has 1 saturated heterocycles. The fraction of sp³-hybridized carbons (Fsp3) is 0.438. The molecule has 2 rings (SSSR count). The topological polar surface area (TPSA) is 29.5 Å². The van der Waals surface area contributed by atoms with Crippen LogP contribution in [0.4, 0.5) is 13.2 Å². The normalized spacial score (nSPS) is 22.6. The molecule has 1 aromatic rings. The van der Waals surface area contributed by atoms with Crippen LogP contribution in [0.2, 0.25) is 5.02 Å². The summed E-state index contributed by atoms with van der Waals surface area (Å²) in [6.07, 6.45) is -2.05. The van der Waals surface area contributed by atoms with Crippen molar-refractivity contribution in [2.24, 2.45) is 0 Å². The maximum atomic E-state index is 12.7. The van der Waals surface area contributed by atoms with Crippen LogP contribution in [0.1, 0.15) is 25.0 Å². The van der Waals surface area contributed by atoms with E-state index in [9.17, 15) is 18.0 Å². The number of hydrogen-bond acceptors (Lipinski definition) is 2. The summed E-state index contributed by atoms with van der Waals surface area (Å²) in [5, 5.41) is 0.158. The monoisotopic (exact) mass is 347 g/mol. The van der Waals surface area contributed by atoms with E-state index in [1.807, 2.05) is 13.8 Å². The maximum absolute atomic E-state index is 12.7. The van der Waals surface area contributed by atoms with Crippen LogP contribution in [-0.4, -0.2) is 36.1 Å². The summed E-state index contributed by atoms with van der Waals surface area (Å²) in [7, 11) is 0. The Labute approximate surface area is 137 Å². The van der Waals surface area contributed by atoms with Crippen molar-refractivity contribution >= 4 is 23.6 Å². The van der Waals surface area contributed by atoms with Gasteiger partial charge in [0.2, 0.25) is 5.91 Å². The van der Waals surface area contributed by atoms with Gasteiger partial charge in [-0.05, 0) is 43.7 Å². The van der Waals surface area contributed by atoms with Gasteiger partial charge in [0, 0.05) is 24.2 Å². The van der Waals surface area contributed by atoms with E-state index in [0.717, 1.165) is 12.1 Å². The number of rotatable bonds is 2. The summed E-state index contributed by atoms with van der Waals surface area (Å²) in [6.45, 7) is 4.63. The van der Waals surface area contributed by atoms with Crippen LogP contribution >= 0.6 is 11.6 Å². The summed E-state index contributed by atoms with van der Waals surface area (Å²) < 4.78 is 43.7. The molecule has 0 N–H and O–H groups in total. The van der Waals surface area contributed by atoms with Crippen molar-refractivity contribution in [3.05, 3.63) is 40.4 Å². The summed E-state index contributed by atoms with van der Waals surface area (Å²) in [5.74, 6) is -0.277. The lowest BCUT2D eigenvalue weighted by Gasteiger charge is -2.34. The number of alkyl halides is 3.